The van der Waals surface area contributed by atoms with E-state index in [4.69, 9.17) is 0 Å². The van der Waals surface area contributed by atoms with Gasteiger partial charge >= 0.3 is 0 Å². The molecule has 0 bridgehead atoms. The molecular weight excluding hydrogens is 267 g/mol. The molecule has 0 aliphatic carbocycles. The van der Waals surface area contributed by atoms with Crippen molar-refractivity contribution in [3.05, 3.63) is 71.8 Å². The third-order valence-electron chi connectivity index (χ3n) is 3.56. The zero-order chi connectivity index (χ0) is 14.6. The minimum atomic E-state index is -2.79. The molecule has 0 saturated carbocycles. The lowest BCUT2D eigenvalue weighted by molar-refractivity contribution is 0.161. The lowest BCUT2D eigenvalue weighted by atomic mass is 10.2. The van der Waals surface area contributed by atoms with Crippen LogP contribution in [-0.2, 0) is 16.9 Å². The van der Waals surface area contributed by atoms with E-state index in [2.05, 4.69) is 0 Å². The van der Waals surface area contributed by atoms with Crippen molar-refractivity contribution in [3.63, 3.8) is 0 Å². The number of hydrogen-bond donors (Lipinski definition) is 1. The second-order valence-electron chi connectivity index (χ2n) is 5.67. The first-order chi connectivity index (χ1) is 9.41. The molecule has 0 fully saturated rings. The van der Waals surface area contributed by atoms with E-state index in [-0.39, 0.29) is 0 Å². The molecule has 2 nitrogen and oxygen atoms in total. The number of rotatable bonds is 5. The highest BCUT2D eigenvalue weighted by Gasteiger charge is 2.38. The van der Waals surface area contributed by atoms with E-state index in [0.29, 0.717) is 12.3 Å². The summed E-state index contributed by atoms with van der Waals surface area (Å²) in [6.45, 7) is 3.30. The largest absolute Gasteiger partial charge is 0.383 e. The van der Waals surface area contributed by atoms with Crippen LogP contribution in [0.25, 0.3) is 0 Å². The molecule has 0 spiro atoms. The van der Waals surface area contributed by atoms with E-state index in [1.807, 2.05) is 60.7 Å². The van der Waals surface area contributed by atoms with Crippen molar-refractivity contribution < 1.29 is 9.67 Å². The summed E-state index contributed by atoms with van der Waals surface area (Å²) < 4.78 is 13.3. The van der Waals surface area contributed by atoms with E-state index < -0.39 is 12.5 Å². The first-order valence-corrected chi connectivity index (χ1v) is 8.87. The second-order valence-corrected chi connectivity index (χ2v) is 9.18. The van der Waals surface area contributed by atoms with Gasteiger partial charge in [0, 0.05) is 12.3 Å². The van der Waals surface area contributed by atoms with Gasteiger partial charge in [0.05, 0.1) is 0 Å². The highest BCUT2D eigenvalue weighted by atomic mass is 31.2. The van der Waals surface area contributed by atoms with Gasteiger partial charge in [-0.05, 0) is 25.0 Å². The number of benzene rings is 2. The van der Waals surface area contributed by atoms with E-state index in [9.17, 15) is 9.67 Å². The molecule has 0 aliphatic rings. The molecule has 0 radical (unpaired) electrons. The monoisotopic (exact) mass is 288 g/mol. The summed E-state index contributed by atoms with van der Waals surface area (Å²) in [5.74, 6) is 0. The van der Waals surface area contributed by atoms with Gasteiger partial charge in [-0.1, -0.05) is 60.7 Å². The molecule has 0 saturated heterocycles. The maximum Gasteiger partial charge on any atom is 0.125 e. The Hall–Kier alpha value is -1.37. The molecule has 2 aromatic rings. The van der Waals surface area contributed by atoms with Crippen LogP contribution in [-0.4, -0.2) is 10.4 Å². The van der Waals surface area contributed by atoms with Crippen LogP contribution < -0.4 is 0 Å². The Balaban J connectivity index is 2.30. The third kappa shape index (κ3) is 3.59. The van der Waals surface area contributed by atoms with Crippen LogP contribution in [0, 0.1) is 0 Å². The van der Waals surface area contributed by atoms with E-state index in [1.165, 1.54) is 0 Å². The molecule has 0 aliphatic heterocycles. The highest BCUT2D eigenvalue weighted by Crippen LogP contribution is 2.61. The Kier molecular flexibility index (Phi) is 4.47. The van der Waals surface area contributed by atoms with Gasteiger partial charge in [-0.15, -0.1) is 0 Å². The van der Waals surface area contributed by atoms with Crippen molar-refractivity contribution in [1.29, 1.82) is 0 Å². The quantitative estimate of drug-likeness (QED) is 0.824. The Morgan fingerprint density at radius 3 is 1.50 bits per heavy atom. The number of hydrogen-bond acceptors (Lipinski definition) is 2. The minimum Gasteiger partial charge on any atom is -0.383 e. The zero-order valence-corrected chi connectivity index (χ0v) is 12.9. The standard InChI is InChI=1S/C17H21O2P/c1-17(2,18)20(19,13-15-9-5-3-6-10-15)14-16-11-7-4-8-12-16/h3-12,18H,13-14H2,1-2H3. The predicted molar refractivity (Wildman–Crippen MR) is 84.2 cm³/mol. The fourth-order valence-corrected chi connectivity index (χ4v) is 4.69. The van der Waals surface area contributed by atoms with Crippen molar-refractivity contribution in [2.45, 2.75) is 31.5 Å². The Morgan fingerprint density at radius 1 is 0.850 bits per heavy atom. The summed E-state index contributed by atoms with van der Waals surface area (Å²) in [4.78, 5) is 0. The van der Waals surface area contributed by atoms with Crippen LogP contribution in [0.4, 0.5) is 0 Å². The van der Waals surface area contributed by atoms with Gasteiger partial charge in [-0.2, -0.15) is 0 Å². The van der Waals surface area contributed by atoms with Crippen LogP contribution in [0.3, 0.4) is 0 Å². The van der Waals surface area contributed by atoms with E-state index in [1.54, 1.807) is 13.8 Å². The molecule has 0 amide bonds. The van der Waals surface area contributed by atoms with Crippen molar-refractivity contribution >= 4 is 7.14 Å². The third-order valence-corrected chi connectivity index (χ3v) is 7.31. The molecule has 0 unspecified atom stereocenters. The first kappa shape index (κ1) is 15.0. The summed E-state index contributed by atoms with van der Waals surface area (Å²) in [5, 5.41) is 9.21. The Bertz CT molecular complexity index is 540. The van der Waals surface area contributed by atoms with Crippen molar-refractivity contribution in [3.8, 4) is 0 Å². The van der Waals surface area contributed by atoms with Crippen LogP contribution in [0.2, 0.25) is 0 Å². The topological polar surface area (TPSA) is 37.3 Å². The van der Waals surface area contributed by atoms with Crippen molar-refractivity contribution in [2.75, 3.05) is 0 Å². The summed E-state index contributed by atoms with van der Waals surface area (Å²) >= 11 is 0. The van der Waals surface area contributed by atoms with E-state index in [0.717, 1.165) is 11.1 Å². The molecule has 20 heavy (non-hydrogen) atoms. The maximum atomic E-state index is 13.3. The average molecular weight is 288 g/mol. The fourth-order valence-electron chi connectivity index (χ4n) is 2.20. The minimum absolute atomic E-state index is 0.423. The molecule has 0 heterocycles. The smallest absolute Gasteiger partial charge is 0.125 e. The van der Waals surface area contributed by atoms with E-state index >= 15 is 0 Å². The maximum absolute atomic E-state index is 13.3. The van der Waals surface area contributed by atoms with Gasteiger partial charge in [0.1, 0.15) is 12.5 Å². The fraction of sp³-hybridized carbons (Fsp3) is 0.294. The van der Waals surface area contributed by atoms with Gasteiger partial charge in [-0.25, -0.2) is 0 Å². The second kappa shape index (κ2) is 5.95. The summed E-state index contributed by atoms with van der Waals surface area (Å²) in [6, 6.07) is 19.5. The summed E-state index contributed by atoms with van der Waals surface area (Å²) in [5.41, 5.74) is 2.02. The molecule has 0 aromatic heterocycles. The molecular formula is C17H21O2P. The van der Waals surface area contributed by atoms with Gasteiger partial charge < -0.3 is 9.67 Å². The molecule has 2 rings (SSSR count). The Labute approximate surface area is 120 Å². The number of aliphatic hydroxyl groups is 1. The molecule has 106 valence electrons. The predicted octanol–water partition coefficient (Wildman–Crippen LogP) is 4.48. The zero-order valence-electron chi connectivity index (χ0n) is 12.0. The lowest BCUT2D eigenvalue weighted by Crippen LogP contribution is -2.21. The van der Waals surface area contributed by atoms with Gasteiger partial charge in [-0.3, -0.25) is 0 Å². The van der Waals surface area contributed by atoms with Crippen LogP contribution in [0.15, 0.2) is 60.7 Å². The molecule has 2 aromatic carbocycles. The lowest BCUT2D eigenvalue weighted by Gasteiger charge is -2.30. The van der Waals surface area contributed by atoms with Gasteiger partial charge in [0.25, 0.3) is 0 Å². The van der Waals surface area contributed by atoms with Crippen molar-refractivity contribution in [2.24, 2.45) is 0 Å². The molecule has 3 heteroatoms. The highest BCUT2D eigenvalue weighted by molar-refractivity contribution is 7.63. The SMILES string of the molecule is CC(C)(O)P(=O)(Cc1ccccc1)Cc1ccccc1. The summed E-state index contributed by atoms with van der Waals surface area (Å²) in [6.07, 6.45) is 0.846. The van der Waals surface area contributed by atoms with Crippen LogP contribution in [0.1, 0.15) is 25.0 Å². The Morgan fingerprint density at radius 2 is 1.20 bits per heavy atom. The van der Waals surface area contributed by atoms with Crippen molar-refractivity contribution in [1.82, 2.24) is 0 Å². The van der Waals surface area contributed by atoms with Crippen LogP contribution >= 0.6 is 7.14 Å². The van der Waals surface area contributed by atoms with Gasteiger partial charge in [0.15, 0.2) is 0 Å². The molecule has 0 atom stereocenters. The summed E-state index contributed by atoms with van der Waals surface area (Å²) in [7, 11) is -2.79. The average Bonchev–Trinajstić information content (AvgIpc) is 2.39. The normalized spacial score (nSPS) is 12.3. The van der Waals surface area contributed by atoms with Crippen LogP contribution in [0.5, 0.6) is 0 Å². The first-order valence-electron chi connectivity index (χ1n) is 6.79. The molecule has 1 N–H and O–H groups in total. The van der Waals surface area contributed by atoms with Gasteiger partial charge in [0.2, 0.25) is 0 Å².